The van der Waals surface area contributed by atoms with Crippen LogP contribution in [-0.2, 0) is 11.2 Å². The lowest BCUT2D eigenvalue weighted by Gasteiger charge is -2.11. The highest BCUT2D eigenvalue weighted by Crippen LogP contribution is 2.22. The molecule has 1 N–H and O–H groups in total. The summed E-state index contributed by atoms with van der Waals surface area (Å²) in [7, 11) is 0. The van der Waals surface area contributed by atoms with E-state index in [0.29, 0.717) is 28.3 Å². The van der Waals surface area contributed by atoms with Gasteiger partial charge >= 0.3 is 0 Å². The fourth-order valence-corrected chi connectivity index (χ4v) is 2.22. The van der Waals surface area contributed by atoms with Gasteiger partial charge in [-0.15, -0.1) is 0 Å². The lowest BCUT2D eigenvalue weighted by atomic mass is 10.0. The van der Waals surface area contributed by atoms with Crippen molar-refractivity contribution in [2.24, 2.45) is 0 Å². The maximum absolute atomic E-state index is 12.4. The second kappa shape index (κ2) is 9.74. The number of nitrogens with zero attached hydrogens (tertiary/aromatic N) is 1. The zero-order valence-corrected chi connectivity index (χ0v) is 14.4. The van der Waals surface area contributed by atoms with E-state index < -0.39 is 0 Å². The molecule has 0 radical (unpaired) electrons. The first kappa shape index (κ1) is 18.8. The number of hydrogen-bond acceptors (Lipinski definition) is 3. The highest BCUT2D eigenvalue weighted by atomic mass is 35.5. The first-order valence-electron chi connectivity index (χ1n) is 7.62. The normalized spacial score (nSPS) is 9.57. The highest BCUT2D eigenvalue weighted by Gasteiger charge is 2.17. The van der Waals surface area contributed by atoms with Crippen LogP contribution in [0, 0.1) is 0 Å². The molecule has 0 aliphatic heterocycles. The van der Waals surface area contributed by atoms with Crippen LogP contribution in [0.1, 0.15) is 43.1 Å². The minimum absolute atomic E-state index is 0.0627. The monoisotopic (exact) mass is 332 g/mol. The Morgan fingerprint density at radius 2 is 1.91 bits per heavy atom. The summed E-state index contributed by atoms with van der Waals surface area (Å²) in [5, 5.41) is 3.06. The van der Waals surface area contributed by atoms with Gasteiger partial charge in [0.05, 0.1) is 22.5 Å². The predicted molar refractivity (Wildman–Crippen MR) is 94.0 cm³/mol. The molecule has 1 heterocycles. The fraction of sp³-hybridized carbons (Fsp3) is 0.278. The van der Waals surface area contributed by atoms with Crippen LogP contribution in [0.15, 0.2) is 42.7 Å². The molecule has 122 valence electrons. The van der Waals surface area contributed by atoms with Crippen LogP contribution >= 0.6 is 11.6 Å². The molecule has 0 saturated carbocycles. The van der Waals surface area contributed by atoms with Crippen molar-refractivity contribution in [1.29, 1.82) is 0 Å². The average Bonchev–Trinajstić information content (AvgIpc) is 2.57. The van der Waals surface area contributed by atoms with E-state index in [1.54, 1.807) is 49.6 Å². The van der Waals surface area contributed by atoms with Gasteiger partial charge in [0.25, 0.3) is 5.91 Å². The molecule has 0 bridgehead atoms. The van der Waals surface area contributed by atoms with Crippen LogP contribution in [0.5, 0.6) is 0 Å². The number of aromatic nitrogens is 1. The van der Waals surface area contributed by atoms with Gasteiger partial charge in [-0.1, -0.05) is 44.5 Å². The van der Waals surface area contributed by atoms with Crippen molar-refractivity contribution in [1.82, 2.24) is 4.98 Å². The van der Waals surface area contributed by atoms with Gasteiger partial charge in [0.15, 0.2) is 0 Å². The quantitative estimate of drug-likeness (QED) is 0.874. The standard InChI is InChI=1S/C16H15ClN2O2.C2H6/c1-2-13(20)9-11-5-3-7-14(17)15(11)16(21)19-12-6-4-8-18-10-12;1-2/h3-8,10H,2,9H2,1H3,(H,19,21);1-2H3. The molecule has 0 unspecified atom stereocenters. The fourth-order valence-electron chi connectivity index (χ4n) is 1.94. The number of Topliss-reactive ketones (excluding diaryl/α,β-unsaturated/α-hetero) is 1. The minimum Gasteiger partial charge on any atom is -0.321 e. The molecule has 1 aromatic heterocycles. The lowest BCUT2D eigenvalue weighted by Crippen LogP contribution is -2.16. The molecule has 0 spiro atoms. The third-order valence-corrected chi connectivity index (χ3v) is 3.34. The van der Waals surface area contributed by atoms with E-state index in [2.05, 4.69) is 10.3 Å². The number of hydrogen-bond donors (Lipinski definition) is 1. The third kappa shape index (κ3) is 5.49. The molecule has 2 aromatic rings. The summed E-state index contributed by atoms with van der Waals surface area (Å²) in [4.78, 5) is 28.0. The Kier molecular flexibility index (Phi) is 7.98. The molecular formula is C18H21ClN2O2. The van der Waals surface area contributed by atoms with Gasteiger partial charge in [-0.3, -0.25) is 14.6 Å². The van der Waals surface area contributed by atoms with E-state index >= 15 is 0 Å². The van der Waals surface area contributed by atoms with Gasteiger partial charge in [0.2, 0.25) is 0 Å². The minimum atomic E-state index is -0.340. The molecule has 0 aliphatic rings. The van der Waals surface area contributed by atoms with Crippen molar-refractivity contribution in [3.8, 4) is 0 Å². The van der Waals surface area contributed by atoms with Crippen LogP contribution < -0.4 is 5.32 Å². The van der Waals surface area contributed by atoms with Crippen molar-refractivity contribution in [2.45, 2.75) is 33.6 Å². The molecule has 0 atom stereocenters. The molecule has 5 heteroatoms. The molecule has 0 fully saturated rings. The van der Waals surface area contributed by atoms with Crippen LogP contribution in [0.25, 0.3) is 0 Å². The number of carbonyl (C=O) groups excluding carboxylic acids is 2. The van der Waals surface area contributed by atoms with E-state index in [4.69, 9.17) is 11.6 Å². The Balaban J connectivity index is 0.00000127. The molecule has 4 nitrogen and oxygen atoms in total. The third-order valence-electron chi connectivity index (χ3n) is 3.03. The Morgan fingerprint density at radius 3 is 2.52 bits per heavy atom. The zero-order chi connectivity index (χ0) is 17.2. The first-order chi connectivity index (χ1) is 11.1. The number of carbonyl (C=O) groups is 2. The van der Waals surface area contributed by atoms with Gasteiger partial charge in [-0.2, -0.15) is 0 Å². The largest absolute Gasteiger partial charge is 0.321 e. The molecule has 0 aliphatic carbocycles. The predicted octanol–water partition coefficient (Wildman–Crippen LogP) is 4.54. The summed E-state index contributed by atoms with van der Waals surface area (Å²) in [5.74, 6) is -0.278. The highest BCUT2D eigenvalue weighted by molar-refractivity contribution is 6.34. The molecule has 1 aromatic carbocycles. The number of ketones is 1. The Bertz CT molecular complexity index is 657. The van der Waals surface area contributed by atoms with Crippen molar-refractivity contribution in [2.75, 3.05) is 5.32 Å². The van der Waals surface area contributed by atoms with Crippen LogP contribution in [0.3, 0.4) is 0 Å². The van der Waals surface area contributed by atoms with Gasteiger partial charge in [0.1, 0.15) is 5.78 Å². The second-order valence-corrected chi connectivity index (χ2v) is 4.95. The van der Waals surface area contributed by atoms with E-state index in [1.807, 2.05) is 13.8 Å². The van der Waals surface area contributed by atoms with Crippen LogP contribution in [0.4, 0.5) is 5.69 Å². The first-order valence-corrected chi connectivity index (χ1v) is 8.00. The SMILES string of the molecule is CC.CCC(=O)Cc1cccc(Cl)c1C(=O)Nc1cccnc1. The second-order valence-electron chi connectivity index (χ2n) is 4.54. The molecule has 1 amide bonds. The number of amides is 1. The van der Waals surface area contributed by atoms with Crippen molar-refractivity contribution in [3.05, 3.63) is 58.9 Å². The van der Waals surface area contributed by atoms with Crippen molar-refractivity contribution in [3.63, 3.8) is 0 Å². The Morgan fingerprint density at radius 1 is 1.17 bits per heavy atom. The van der Waals surface area contributed by atoms with Crippen molar-refractivity contribution < 1.29 is 9.59 Å². The van der Waals surface area contributed by atoms with E-state index in [0.717, 1.165) is 0 Å². The summed E-state index contributed by atoms with van der Waals surface area (Å²) in [6.45, 7) is 5.79. The van der Waals surface area contributed by atoms with E-state index in [-0.39, 0.29) is 18.1 Å². The van der Waals surface area contributed by atoms with Crippen LogP contribution in [-0.4, -0.2) is 16.7 Å². The number of pyridine rings is 1. The smallest absolute Gasteiger partial charge is 0.257 e. The average molecular weight is 333 g/mol. The lowest BCUT2D eigenvalue weighted by molar-refractivity contribution is -0.118. The van der Waals surface area contributed by atoms with Gasteiger partial charge in [-0.25, -0.2) is 0 Å². The Hall–Kier alpha value is -2.20. The number of anilines is 1. The van der Waals surface area contributed by atoms with Gasteiger partial charge < -0.3 is 5.32 Å². The number of halogens is 1. The van der Waals surface area contributed by atoms with Crippen LogP contribution in [0.2, 0.25) is 5.02 Å². The van der Waals surface area contributed by atoms with E-state index in [9.17, 15) is 9.59 Å². The maximum atomic E-state index is 12.4. The molecule has 23 heavy (non-hydrogen) atoms. The number of benzene rings is 1. The molecular weight excluding hydrogens is 312 g/mol. The summed E-state index contributed by atoms with van der Waals surface area (Å²) in [5.41, 5.74) is 1.55. The maximum Gasteiger partial charge on any atom is 0.257 e. The number of rotatable bonds is 5. The number of nitrogens with one attached hydrogen (secondary N) is 1. The zero-order valence-electron chi connectivity index (χ0n) is 13.6. The van der Waals surface area contributed by atoms with E-state index in [1.165, 1.54) is 0 Å². The van der Waals surface area contributed by atoms with Gasteiger partial charge in [0, 0.05) is 19.0 Å². The molecule has 0 saturated heterocycles. The Labute approximate surface area is 141 Å². The summed E-state index contributed by atoms with van der Waals surface area (Å²) in [6, 6.07) is 8.58. The summed E-state index contributed by atoms with van der Waals surface area (Å²) < 4.78 is 0. The topological polar surface area (TPSA) is 59.1 Å². The van der Waals surface area contributed by atoms with Crippen molar-refractivity contribution >= 4 is 29.0 Å². The summed E-state index contributed by atoms with van der Waals surface area (Å²) >= 11 is 6.13. The summed E-state index contributed by atoms with van der Waals surface area (Å²) in [6.07, 6.45) is 3.80. The molecule has 2 rings (SSSR count). The van der Waals surface area contributed by atoms with Gasteiger partial charge in [-0.05, 0) is 23.8 Å².